The summed E-state index contributed by atoms with van der Waals surface area (Å²) < 4.78 is 12.6. The zero-order valence-corrected chi connectivity index (χ0v) is 22.4. The standard InChI is InChI=1S/C29H26ClN3O2S2/c30-19-8-14-23(15-9-19)37-26-17-16-25(35-26)28-27(24-7-3-4-18-31-24)32-29(36)33(28)20-10-12-22(13-11-20)34-21-5-1-2-6-21/h3-4,7-18,21,27-28H,1-2,5-6H2,(H,32,36)/t27-,28-/m1/s1. The van der Waals surface area contributed by atoms with Crippen LogP contribution in [0.3, 0.4) is 0 Å². The van der Waals surface area contributed by atoms with Gasteiger partial charge in [0.1, 0.15) is 17.6 Å². The van der Waals surface area contributed by atoms with E-state index in [1.807, 2.05) is 66.7 Å². The number of thiocarbonyl (C=S) groups is 1. The van der Waals surface area contributed by atoms with Gasteiger partial charge in [-0.3, -0.25) is 4.98 Å². The molecule has 1 N–H and O–H groups in total. The number of aromatic nitrogens is 1. The third-order valence-corrected chi connectivity index (χ3v) is 8.24. The number of hydrogen-bond acceptors (Lipinski definition) is 5. The number of pyridine rings is 1. The largest absolute Gasteiger partial charge is 0.490 e. The molecule has 5 nitrogen and oxygen atoms in total. The highest BCUT2D eigenvalue weighted by molar-refractivity contribution is 7.99. The van der Waals surface area contributed by atoms with Crippen LogP contribution < -0.4 is 15.0 Å². The molecule has 6 rings (SSSR count). The van der Waals surface area contributed by atoms with Crippen molar-refractivity contribution in [3.63, 3.8) is 0 Å². The number of hydrogen-bond donors (Lipinski definition) is 1. The summed E-state index contributed by atoms with van der Waals surface area (Å²) in [5.74, 6) is 1.71. The summed E-state index contributed by atoms with van der Waals surface area (Å²) in [5, 5.41) is 5.63. The van der Waals surface area contributed by atoms with Crippen molar-refractivity contribution in [2.45, 2.75) is 53.9 Å². The molecule has 3 heterocycles. The molecule has 1 saturated carbocycles. The molecule has 37 heavy (non-hydrogen) atoms. The average molecular weight is 548 g/mol. The van der Waals surface area contributed by atoms with Gasteiger partial charge in [-0.1, -0.05) is 29.4 Å². The molecule has 4 aromatic rings. The highest BCUT2D eigenvalue weighted by Crippen LogP contribution is 2.43. The number of halogens is 1. The molecule has 2 fully saturated rings. The van der Waals surface area contributed by atoms with Crippen LogP contribution in [0.4, 0.5) is 5.69 Å². The first-order valence-electron chi connectivity index (χ1n) is 12.4. The molecule has 1 aliphatic carbocycles. The third-order valence-electron chi connectivity index (χ3n) is 6.74. The Labute approximate surface area is 231 Å². The van der Waals surface area contributed by atoms with Crippen LogP contribution in [0.1, 0.15) is 49.2 Å². The lowest BCUT2D eigenvalue weighted by Gasteiger charge is -2.26. The van der Waals surface area contributed by atoms with Crippen LogP contribution in [0, 0.1) is 0 Å². The summed E-state index contributed by atoms with van der Waals surface area (Å²) in [6.45, 7) is 0. The van der Waals surface area contributed by atoms with Gasteiger partial charge in [0.25, 0.3) is 0 Å². The molecule has 1 saturated heterocycles. The Morgan fingerprint density at radius 1 is 0.973 bits per heavy atom. The minimum absolute atomic E-state index is 0.164. The molecule has 8 heteroatoms. The molecule has 188 valence electrons. The molecule has 0 amide bonds. The van der Waals surface area contributed by atoms with E-state index in [1.54, 1.807) is 18.0 Å². The van der Waals surface area contributed by atoms with Gasteiger partial charge in [-0.05, 0) is 111 Å². The Hall–Kier alpha value is -3.00. The summed E-state index contributed by atoms with van der Waals surface area (Å²) >= 11 is 13.5. The summed E-state index contributed by atoms with van der Waals surface area (Å²) in [4.78, 5) is 7.80. The monoisotopic (exact) mass is 547 g/mol. The molecule has 0 bridgehead atoms. The Morgan fingerprint density at radius 3 is 2.49 bits per heavy atom. The van der Waals surface area contributed by atoms with Crippen LogP contribution in [0.2, 0.25) is 5.02 Å². The number of rotatable bonds is 7. The fourth-order valence-corrected chi connectivity index (χ4v) is 6.22. The minimum atomic E-state index is -0.205. The number of anilines is 1. The first-order chi connectivity index (χ1) is 18.1. The normalized spacial score (nSPS) is 19.8. The lowest BCUT2D eigenvalue weighted by molar-refractivity contribution is 0.210. The third kappa shape index (κ3) is 5.35. The molecule has 2 atom stereocenters. The first kappa shape index (κ1) is 24.3. The Kier molecular flexibility index (Phi) is 7.09. The highest BCUT2D eigenvalue weighted by Gasteiger charge is 2.42. The van der Waals surface area contributed by atoms with Crippen molar-refractivity contribution in [3.8, 4) is 5.75 Å². The molecule has 2 aromatic carbocycles. The fourth-order valence-electron chi connectivity index (χ4n) is 4.97. The fraction of sp³-hybridized carbons (Fsp3) is 0.241. The van der Waals surface area contributed by atoms with Crippen LogP contribution in [-0.2, 0) is 0 Å². The van der Waals surface area contributed by atoms with Crippen molar-refractivity contribution in [1.82, 2.24) is 10.3 Å². The molecule has 1 aliphatic heterocycles. The number of benzene rings is 2. The van der Waals surface area contributed by atoms with E-state index >= 15 is 0 Å². The number of nitrogens with zero attached hydrogens (tertiary/aromatic N) is 2. The van der Waals surface area contributed by atoms with Gasteiger partial charge in [0.2, 0.25) is 0 Å². The second-order valence-corrected chi connectivity index (χ2v) is 11.1. The lowest BCUT2D eigenvalue weighted by atomic mass is 10.0. The van der Waals surface area contributed by atoms with Crippen LogP contribution >= 0.6 is 35.6 Å². The molecular weight excluding hydrogens is 522 g/mol. The van der Waals surface area contributed by atoms with Crippen molar-refractivity contribution in [2.75, 3.05) is 4.90 Å². The SMILES string of the molecule is S=C1N[C@H](c2ccccn2)[C@@H](c2ccc(Sc3ccc(Cl)cc3)o2)N1c1ccc(OC2CCCC2)cc1. The van der Waals surface area contributed by atoms with Gasteiger partial charge in [-0.2, -0.15) is 0 Å². The first-order valence-corrected chi connectivity index (χ1v) is 14.0. The summed E-state index contributed by atoms with van der Waals surface area (Å²) in [6, 6.07) is 25.5. The van der Waals surface area contributed by atoms with Crippen molar-refractivity contribution >= 4 is 46.4 Å². The van der Waals surface area contributed by atoms with Gasteiger partial charge < -0.3 is 19.4 Å². The van der Waals surface area contributed by atoms with E-state index in [2.05, 4.69) is 27.3 Å². The zero-order chi connectivity index (χ0) is 25.2. The van der Waals surface area contributed by atoms with E-state index in [9.17, 15) is 0 Å². The Morgan fingerprint density at radius 2 is 1.76 bits per heavy atom. The van der Waals surface area contributed by atoms with E-state index in [4.69, 9.17) is 33.0 Å². The van der Waals surface area contributed by atoms with Gasteiger partial charge in [0.05, 0.1) is 17.8 Å². The smallest absolute Gasteiger partial charge is 0.174 e. The van der Waals surface area contributed by atoms with Crippen LogP contribution in [-0.4, -0.2) is 16.2 Å². The van der Waals surface area contributed by atoms with Gasteiger partial charge in [0.15, 0.2) is 10.2 Å². The Bertz CT molecular complexity index is 1360. The van der Waals surface area contributed by atoms with E-state index in [0.717, 1.165) is 45.7 Å². The maximum atomic E-state index is 6.40. The Balaban J connectivity index is 1.30. The molecular formula is C29H26ClN3O2S2. The van der Waals surface area contributed by atoms with Crippen molar-refractivity contribution in [3.05, 3.63) is 102 Å². The number of nitrogens with one attached hydrogen (secondary N) is 1. The molecule has 0 spiro atoms. The zero-order valence-electron chi connectivity index (χ0n) is 20.0. The average Bonchev–Trinajstić information content (AvgIpc) is 3.67. The maximum absolute atomic E-state index is 6.40. The van der Waals surface area contributed by atoms with E-state index in [0.29, 0.717) is 16.2 Å². The quantitative estimate of drug-likeness (QED) is 0.235. The van der Waals surface area contributed by atoms with Gasteiger partial charge in [-0.15, -0.1) is 0 Å². The number of ether oxygens (including phenoxy) is 1. The second-order valence-electron chi connectivity index (χ2n) is 9.23. The lowest BCUT2D eigenvalue weighted by Crippen LogP contribution is -2.29. The van der Waals surface area contributed by atoms with Crippen molar-refractivity contribution < 1.29 is 9.15 Å². The summed E-state index contributed by atoms with van der Waals surface area (Å²) in [7, 11) is 0. The summed E-state index contributed by atoms with van der Waals surface area (Å²) in [6.07, 6.45) is 6.87. The van der Waals surface area contributed by atoms with E-state index in [-0.39, 0.29) is 12.1 Å². The molecule has 0 unspecified atom stereocenters. The van der Waals surface area contributed by atoms with Gasteiger partial charge in [0, 0.05) is 21.8 Å². The predicted octanol–water partition coefficient (Wildman–Crippen LogP) is 7.98. The van der Waals surface area contributed by atoms with Crippen LogP contribution in [0.15, 0.2) is 99.5 Å². The number of furan rings is 1. The predicted molar refractivity (Wildman–Crippen MR) is 152 cm³/mol. The van der Waals surface area contributed by atoms with E-state index in [1.165, 1.54) is 12.8 Å². The highest BCUT2D eigenvalue weighted by atomic mass is 35.5. The topological polar surface area (TPSA) is 50.5 Å². The van der Waals surface area contributed by atoms with E-state index < -0.39 is 0 Å². The van der Waals surface area contributed by atoms with Crippen molar-refractivity contribution in [1.29, 1.82) is 0 Å². The second kappa shape index (κ2) is 10.8. The molecule has 0 radical (unpaired) electrons. The van der Waals surface area contributed by atoms with Gasteiger partial charge in [-0.25, -0.2) is 0 Å². The van der Waals surface area contributed by atoms with Crippen LogP contribution in [0.25, 0.3) is 0 Å². The van der Waals surface area contributed by atoms with Gasteiger partial charge >= 0.3 is 0 Å². The molecule has 2 aliphatic rings. The van der Waals surface area contributed by atoms with Crippen molar-refractivity contribution in [2.24, 2.45) is 0 Å². The summed E-state index contributed by atoms with van der Waals surface area (Å²) in [5.41, 5.74) is 1.88. The maximum Gasteiger partial charge on any atom is 0.174 e. The minimum Gasteiger partial charge on any atom is -0.490 e. The van der Waals surface area contributed by atoms with Crippen LogP contribution in [0.5, 0.6) is 5.75 Å². The molecule has 2 aromatic heterocycles.